The van der Waals surface area contributed by atoms with Gasteiger partial charge in [0.25, 0.3) is 0 Å². The highest BCUT2D eigenvalue weighted by Crippen LogP contribution is 2.40. The van der Waals surface area contributed by atoms with Gasteiger partial charge in [0.05, 0.1) is 0 Å². The first-order valence-corrected chi connectivity index (χ1v) is 8.95. The molecule has 1 aliphatic rings. The van der Waals surface area contributed by atoms with Crippen molar-refractivity contribution in [2.75, 3.05) is 6.54 Å². The summed E-state index contributed by atoms with van der Waals surface area (Å²) in [5.41, 5.74) is 1.41. The Morgan fingerprint density at radius 3 is 2.65 bits per heavy atom. The van der Waals surface area contributed by atoms with Crippen molar-refractivity contribution < 1.29 is 0 Å². The maximum Gasteiger partial charge on any atom is 0.0274 e. The standard InChI is InChI=1S/C18H29NS/c1-5-10-19-16-12-13(2)11-15(4)18(16)20-17-9-7-6-8-14(17)3/h6-9,13,15-16,18-19H,5,10-12H2,1-4H3. The summed E-state index contributed by atoms with van der Waals surface area (Å²) < 4.78 is 0. The molecule has 1 N–H and O–H groups in total. The summed E-state index contributed by atoms with van der Waals surface area (Å²) in [6.07, 6.45) is 3.92. The van der Waals surface area contributed by atoms with Gasteiger partial charge < -0.3 is 5.32 Å². The lowest BCUT2D eigenvalue weighted by atomic mass is 9.80. The van der Waals surface area contributed by atoms with Crippen LogP contribution in [0.5, 0.6) is 0 Å². The van der Waals surface area contributed by atoms with Crippen LogP contribution in [0, 0.1) is 18.8 Å². The van der Waals surface area contributed by atoms with Crippen molar-refractivity contribution in [2.45, 2.75) is 63.1 Å². The van der Waals surface area contributed by atoms with Crippen molar-refractivity contribution in [3.63, 3.8) is 0 Å². The molecule has 20 heavy (non-hydrogen) atoms. The zero-order chi connectivity index (χ0) is 14.5. The van der Waals surface area contributed by atoms with Gasteiger partial charge in [-0.05, 0) is 56.2 Å². The van der Waals surface area contributed by atoms with Crippen LogP contribution < -0.4 is 5.32 Å². The third-order valence-corrected chi connectivity index (χ3v) is 6.18. The molecule has 0 spiro atoms. The van der Waals surface area contributed by atoms with Crippen LogP contribution in [0.4, 0.5) is 0 Å². The van der Waals surface area contributed by atoms with Crippen LogP contribution in [0.15, 0.2) is 29.2 Å². The van der Waals surface area contributed by atoms with Crippen LogP contribution in [-0.2, 0) is 0 Å². The fourth-order valence-electron chi connectivity index (χ4n) is 3.39. The predicted molar refractivity (Wildman–Crippen MR) is 90.5 cm³/mol. The molecule has 4 atom stereocenters. The summed E-state index contributed by atoms with van der Waals surface area (Å²) >= 11 is 2.10. The zero-order valence-corrected chi connectivity index (χ0v) is 14.2. The summed E-state index contributed by atoms with van der Waals surface area (Å²) in [5, 5.41) is 4.51. The average molecular weight is 292 g/mol. The molecule has 1 fully saturated rings. The minimum atomic E-state index is 0.665. The Balaban J connectivity index is 2.10. The molecule has 0 bridgehead atoms. The Hall–Kier alpha value is -0.470. The molecular formula is C18H29NS. The van der Waals surface area contributed by atoms with E-state index in [1.807, 2.05) is 0 Å². The lowest BCUT2D eigenvalue weighted by Crippen LogP contribution is -2.46. The fourth-order valence-corrected chi connectivity index (χ4v) is 4.81. The number of hydrogen-bond donors (Lipinski definition) is 1. The first-order chi connectivity index (χ1) is 9.61. The topological polar surface area (TPSA) is 12.0 Å². The van der Waals surface area contributed by atoms with Gasteiger partial charge in [0.1, 0.15) is 0 Å². The molecule has 1 saturated carbocycles. The third-order valence-electron chi connectivity index (χ3n) is 4.40. The van der Waals surface area contributed by atoms with E-state index < -0.39 is 0 Å². The van der Waals surface area contributed by atoms with Gasteiger partial charge in [-0.25, -0.2) is 0 Å². The highest BCUT2D eigenvalue weighted by atomic mass is 32.2. The number of thioether (sulfide) groups is 1. The number of rotatable bonds is 5. The van der Waals surface area contributed by atoms with Crippen molar-refractivity contribution in [1.82, 2.24) is 5.32 Å². The van der Waals surface area contributed by atoms with Crippen molar-refractivity contribution in [3.8, 4) is 0 Å². The molecule has 0 heterocycles. The van der Waals surface area contributed by atoms with Crippen molar-refractivity contribution in [3.05, 3.63) is 29.8 Å². The smallest absolute Gasteiger partial charge is 0.0274 e. The molecule has 0 saturated heterocycles. The van der Waals surface area contributed by atoms with Gasteiger partial charge in [-0.15, -0.1) is 11.8 Å². The average Bonchev–Trinajstić information content (AvgIpc) is 2.41. The first kappa shape index (κ1) is 15.9. The number of benzene rings is 1. The van der Waals surface area contributed by atoms with Gasteiger partial charge >= 0.3 is 0 Å². The molecule has 2 rings (SSSR count). The number of nitrogens with one attached hydrogen (secondary N) is 1. The first-order valence-electron chi connectivity index (χ1n) is 8.07. The Labute approximate surface area is 128 Å². The molecule has 1 aromatic carbocycles. The van der Waals surface area contributed by atoms with Gasteiger partial charge in [0.2, 0.25) is 0 Å². The van der Waals surface area contributed by atoms with Gasteiger partial charge in [0.15, 0.2) is 0 Å². The second-order valence-corrected chi connectivity index (χ2v) is 7.68. The van der Waals surface area contributed by atoms with E-state index in [1.54, 1.807) is 0 Å². The summed E-state index contributed by atoms with van der Waals surface area (Å²) in [6, 6.07) is 9.48. The maximum atomic E-state index is 3.80. The number of aryl methyl sites for hydroxylation is 1. The van der Waals surface area contributed by atoms with Crippen molar-refractivity contribution >= 4 is 11.8 Å². The van der Waals surface area contributed by atoms with E-state index >= 15 is 0 Å². The molecule has 0 radical (unpaired) electrons. The summed E-state index contributed by atoms with van der Waals surface area (Å²) in [5.74, 6) is 1.64. The number of hydrogen-bond acceptors (Lipinski definition) is 2. The minimum absolute atomic E-state index is 0.665. The van der Waals surface area contributed by atoms with E-state index in [4.69, 9.17) is 0 Å². The van der Waals surface area contributed by atoms with Crippen molar-refractivity contribution in [2.24, 2.45) is 11.8 Å². The van der Waals surface area contributed by atoms with E-state index in [9.17, 15) is 0 Å². The monoisotopic (exact) mass is 291 g/mol. The quantitative estimate of drug-likeness (QED) is 0.829. The van der Waals surface area contributed by atoms with Crippen LogP contribution in [0.3, 0.4) is 0 Å². The molecule has 1 nitrogen and oxygen atoms in total. The lowest BCUT2D eigenvalue weighted by molar-refractivity contribution is 0.249. The molecule has 1 aliphatic carbocycles. The molecule has 4 unspecified atom stereocenters. The molecule has 112 valence electrons. The van der Waals surface area contributed by atoms with E-state index in [1.165, 1.54) is 29.7 Å². The summed E-state index contributed by atoms with van der Waals surface area (Å²) in [7, 11) is 0. The lowest BCUT2D eigenvalue weighted by Gasteiger charge is -2.40. The van der Waals surface area contributed by atoms with Crippen LogP contribution >= 0.6 is 11.8 Å². The largest absolute Gasteiger partial charge is 0.313 e. The van der Waals surface area contributed by atoms with E-state index in [0.717, 1.165) is 18.4 Å². The minimum Gasteiger partial charge on any atom is -0.313 e. The zero-order valence-electron chi connectivity index (χ0n) is 13.4. The van der Waals surface area contributed by atoms with E-state index in [0.29, 0.717) is 11.3 Å². The second kappa shape index (κ2) is 7.51. The maximum absolute atomic E-state index is 3.80. The molecular weight excluding hydrogens is 262 g/mol. The van der Waals surface area contributed by atoms with Crippen LogP contribution in [0.2, 0.25) is 0 Å². The van der Waals surface area contributed by atoms with Gasteiger partial charge in [-0.3, -0.25) is 0 Å². The van der Waals surface area contributed by atoms with Gasteiger partial charge in [-0.1, -0.05) is 39.0 Å². The molecule has 0 amide bonds. The van der Waals surface area contributed by atoms with E-state index in [2.05, 4.69) is 69.0 Å². The Morgan fingerprint density at radius 1 is 1.20 bits per heavy atom. The molecule has 0 aliphatic heterocycles. The second-order valence-electron chi connectivity index (χ2n) is 6.46. The van der Waals surface area contributed by atoms with Gasteiger partial charge in [-0.2, -0.15) is 0 Å². The SMILES string of the molecule is CCCNC1CC(C)CC(C)C1Sc1ccccc1C. The van der Waals surface area contributed by atoms with E-state index in [-0.39, 0.29) is 0 Å². The Morgan fingerprint density at radius 2 is 1.95 bits per heavy atom. The van der Waals surface area contributed by atoms with Crippen molar-refractivity contribution in [1.29, 1.82) is 0 Å². The fraction of sp³-hybridized carbons (Fsp3) is 0.667. The highest BCUT2D eigenvalue weighted by molar-refractivity contribution is 8.00. The summed E-state index contributed by atoms with van der Waals surface area (Å²) in [4.78, 5) is 1.46. The summed E-state index contributed by atoms with van der Waals surface area (Å²) in [6.45, 7) is 10.5. The normalized spacial score (nSPS) is 30.4. The third kappa shape index (κ3) is 4.02. The van der Waals surface area contributed by atoms with Gasteiger partial charge in [0, 0.05) is 16.2 Å². The van der Waals surface area contributed by atoms with Crippen LogP contribution in [0.25, 0.3) is 0 Å². The van der Waals surface area contributed by atoms with Crippen LogP contribution in [0.1, 0.15) is 45.6 Å². The Bertz CT molecular complexity index is 418. The Kier molecular flexibility index (Phi) is 5.98. The molecule has 2 heteroatoms. The van der Waals surface area contributed by atoms with Crippen LogP contribution in [-0.4, -0.2) is 17.8 Å². The molecule has 1 aromatic rings. The highest BCUT2D eigenvalue weighted by Gasteiger charge is 2.34. The predicted octanol–water partition coefficient (Wildman–Crippen LogP) is 4.89. The molecule has 0 aromatic heterocycles.